The van der Waals surface area contributed by atoms with E-state index in [9.17, 15) is 9.18 Å². The molecule has 0 spiro atoms. The first-order valence-corrected chi connectivity index (χ1v) is 7.79. The summed E-state index contributed by atoms with van der Waals surface area (Å²) in [6, 6.07) is 14.3. The van der Waals surface area contributed by atoms with Gasteiger partial charge in [-0.3, -0.25) is 4.79 Å². The van der Waals surface area contributed by atoms with Crippen molar-refractivity contribution in [2.45, 2.75) is 0 Å². The van der Waals surface area contributed by atoms with Gasteiger partial charge in [0.25, 0.3) is 5.91 Å². The second-order valence-electron chi connectivity index (χ2n) is 5.15. The minimum atomic E-state index is -0.575. The first kappa shape index (κ1) is 17.3. The lowest BCUT2D eigenvalue weighted by Crippen LogP contribution is -2.14. The third kappa shape index (κ3) is 3.94. The van der Waals surface area contributed by atoms with Gasteiger partial charge in [0.05, 0.1) is 16.3 Å². The molecule has 1 aromatic heterocycles. The molecule has 0 saturated carbocycles. The summed E-state index contributed by atoms with van der Waals surface area (Å²) < 4.78 is 13.2. The molecule has 0 bridgehead atoms. The van der Waals surface area contributed by atoms with Crippen molar-refractivity contribution < 1.29 is 9.18 Å². The van der Waals surface area contributed by atoms with E-state index < -0.39 is 11.7 Å². The van der Waals surface area contributed by atoms with Crippen molar-refractivity contribution in [2.75, 3.05) is 10.6 Å². The van der Waals surface area contributed by atoms with Crippen LogP contribution >= 0.6 is 11.6 Å². The number of benzene rings is 2. The molecule has 1 heterocycles. The molecule has 26 heavy (non-hydrogen) atoms. The molecular formula is C18H11ClFN5O. The van der Waals surface area contributed by atoms with Crippen LogP contribution in [0.5, 0.6) is 0 Å². The maximum Gasteiger partial charge on any atom is 0.274 e. The Morgan fingerprint density at radius 1 is 1.15 bits per heavy atom. The number of nitrogens with zero attached hydrogens (tertiary/aromatic N) is 3. The highest BCUT2D eigenvalue weighted by atomic mass is 35.5. The number of carbonyl (C=O) groups excluding carboxylic acids is 1. The lowest BCUT2D eigenvalue weighted by molar-refractivity contribution is 0.102. The van der Waals surface area contributed by atoms with Crippen LogP contribution in [0.1, 0.15) is 16.1 Å². The largest absolute Gasteiger partial charge is 0.339 e. The van der Waals surface area contributed by atoms with Crippen LogP contribution in [0.3, 0.4) is 0 Å². The molecule has 0 radical (unpaired) electrons. The number of nitriles is 1. The van der Waals surface area contributed by atoms with Crippen LogP contribution in [0, 0.1) is 17.1 Å². The van der Waals surface area contributed by atoms with Gasteiger partial charge in [0.2, 0.25) is 0 Å². The van der Waals surface area contributed by atoms with E-state index >= 15 is 0 Å². The van der Waals surface area contributed by atoms with Gasteiger partial charge in [-0.15, -0.1) is 0 Å². The van der Waals surface area contributed by atoms with Gasteiger partial charge in [0.15, 0.2) is 0 Å². The summed E-state index contributed by atoms with van der Waals surface area (Å²) in [5.41, 5.74) is 1.44. The SMILES string of the molecule is N#Cc1ccccc1Nc1cc(C(=O)Nc2ccc(F)c(Cl)c2)ncn1. The second-order valence-corrected chi connectivity index (χ2v) is 5.56. The highest BCUT2D eigenvalue weighted by Gasteiger charge is 2.11. The van der Waals surface area contributed by atoms with E-state index in [1.807, 2.05) is 0 Å². The van der Waals surface area contributed by atoms with Crippen LogP contribution in [0.2, 0.25) is 5.02 Å². The zero-order chi connectivity index (χ0) is 18.5. The van der Waals surface area contributed by atoms with Gasteiger partial charge in [0, 0.05) is 11.8 Å². The molecule has 0 unspecified atom stereocenters. The highest BCUT2D eigenvalue weighted by Crippen LogP contribution is 2.21. The predicted molar refractivity (Wildman–Crippen MR) is 95.8 cm³/mol. The molecule has 2 N–H and O–H groups in total. The van der Waals surface area contributed by atoms with Crippen molar-refractivity contribution in [3.8, 4) is 6.07 Å². The molecule has 6 nitrogen and oxygen atoms in total. The predicted octanol–water partition coefficient (Wildman–Crippen LogP) is 4.14. The Morgan fingerprint density at radius 2 is 1.96 bits per heavy atom. The van der Waals surface area contributed by atoms with E-state index in [0.717, 1.165) is 6.07 Å². The fraction of sp³-hybridized carbons (Fsp3) is 0. The number of hydrogen-bond acceptors (Lipinski definition) is 5. The molecule has 0 atom stereocenters. The Balaban J connectivity index is 1.79. The number of para-hydroxylation sites is 1. The first-order valence-electron chi connectivity index (χ1n) is 7.41. The van der Waals surface area contributed by atoms with Gasteiger partial charge < -0.3 is 10.6 Å². The Kier molecular flexibility index (Phi) is 5.06. The Hall–Kier alpha value is -3.50. The van der Waals surface area contributed by atoms with E-state index in [1.165, 1.54) is 24.5 Å². The van der Waals surface area contributed by atoms with Gasteiger partial charge in [-0.05, 0) is 30.3 Å². The zero-order valence-corrected chi connectivity index (χ0v) is 14.0. The second kappa shape index (κ2) is 7.59. The molecule has 128 valence electrons. The number of amides is 1. The number of anilines is 3. The van der Waals surface area contributed by atoms with Crippen molar-refractivity contribution in [3.63, 3.8) is 0 Å². The number of carbonyl (C=O) groups is 1. The summed E-state index contributed by atoms with van der Waals surface area (Å²) >= 11 is 5.70. The third-order valence-corrected chi connectivity index (χ3v) is 3.68. The van der Waals surface area contributed by atoms with Crippen LogP contribution in [0.4, 0.5) is 21.6 Å². The minimum absolute atomic E-state index is 0.0948. The van der Waals surface area contributed by atoms with Crippen molar-refractivity contribution in [1.29, 1.82) is 5.26 Å². The Labute approximate surface area is 153 Å². The molecule has 1 amide bonds. The van der Waals surface area contributed by atoms with Crippen LogP contribution in [0.25, 0.3) is 0 Å². The van der Waals surface area contributed by atoms with Crippen molar-refractivity contribution in [1.82, 2.24) is 9.97 Å². The highest BCUT2D eigenvalue weighted by molar-refractivity contribution is 6.31. The summed E-state index contributed by atoms with van der Waals surface area (Å²) in [5, 5.41) is 14.6. The molecule has 0 aliphatic heterocycles. The van der Waals surface area contributed by atoms with Crippen LogP contribution < -0.4 is 10.6 Å². The third-order valence-electron chi connectivity index (χ3n) is 3.39. The fourth-order valence-electron chi connectivity index (χ4n) is 2.15. The summed E-state index contributed by atoms with van der Waals surface area (Å²) in [5.74, 6) is -0.731. The van der Waals surface area contributed by atoms with Gasteiger partial charge >= 0.3 is 0 Å². The molecule has 0 saturated heterocycles. The van der Waals surface area contributed by atoms with E-state index in [2.05, 4.69) is 26.7 Å². The smallest absolute Gasteiger partial charge is 0.274 e. The lowest BCUT2D eigenvalue weighted by Gasteiger charge is -2.09. The Bertz CT molecular complexity index is 1020. The minimum Gasteiger partial charge on any atom is -0.339 e. The maximum absolute atomic E-state index is 13.2. The maximum atomic E-state index is 13.2. The fourth-order valence-corrected chi connectivity index (χ4v) is 2.33. The van der Waals surface area contributed by atoms with Gasteiger partial charge in [0.1, 0.15) is 29.7 Å². The zero-order valence-electron chi connectivity index (χ0n) is 13.2. The first-order chi connectivity index (χ1) is 12.6. The van der Waals surface area contributed by atoms with E-state index in [4.69, 9.17) is 16.9 Å². The lowest BCUT2D eigenvalue weighted by atomic mass is 10.2. The molecule has 2 aromatic carbocycles. The van der Waals surface area contributed by atoms with E-state index in [0.29, 0.717) is 22.8 Å². The molecule has 3 rings (SSSR count). The van der Waals surface area contributed by atoms with Crippen LogP contribution in [-0.2, 0) is 0 Å². The quantitative estimate of drug-likeness (QED) is 0.723. The number of nitrogens with one attached hydrogen (secondary N) is 2. The summed E-state index contributed by atoms with van der Waals surface area (Å²) in [4.78, 5) is 20.3. The van der Waals surface area contributed by atoms with Crippen LogP contribution in [0.15, 0.2) is 54.9 Å². The van der Waals surface area contributed by atoms with Gasteiger partial charge in [-0.2, -0.15) is 5.26 Å². The molecule has 3 aromatic rings. The average molecular weight is 368 g/mol. The van der Waals surface area contributed by atoms with Gasteiger partial charge in [-0.25, -0.2) is 14.4 Å². The molecule has 0 aliphatic carbocycles. The number of halogens is 2. The van der Waals surface area contributed by atoms with Gasteiger partial charge in [-0.1, -0.05) is 23.7 Å². The van der Waals surface area contributed by atoms with Crippen molar-refractivity contribution in [3.05, 3.63) is 77.0 Å². The number of hydrogen-bond donors (Lipinski definition) is 2. The average Bonchev–Trinajstić information content (AvgIpc) is 2.65. The molecule has 0 fully saturated rings. The van der Waals surface area contributed by atoms with Crippen LogP contribution in [-0.4, -0.2) is 15.9 Å². The normalized spacial score (nSPS) is 10.0. The molecule has 0 aliphatic rings. The molecule has 8 heteroatoms. The topological polar surface area (TPSA) is 90.7 Å². The summed E-state index contributed by atoms with van der Waals surface area (Å²) in [6.45, 7) is 0. The van der Waals surface area contributed by atoms with E-state index in [1.54, 1.807) is 24.3 Å². The summed E-state index contributed by atoms with van der Waals surface area (Å²) in [6.07, 6.45) is 1.23. The van der Waals surface area contributed by atoms with Crippen molar-refractivity contribution >= 4 is 34.7 Å². The monoisotopic (exact) mass is 367 g/mol. The summed E-state index contributed by atoms with van der Waals surface area (Å²) in [7, 11) is 0. The molecular weight excluding hydrogens is 357 g/mol. The number of rotatable bonds is 4. The van der Waals surface area contributed by atoms with Crippen molar-refractivity contribution in [2.24, 2.45) is 0 Å². The Morgan fingerprint density at radius 3 is 2.73 bits per heavy atom. The van der Waals surface area contributed by atoms with E-state index in [-0.39, 0.29) is 10.7 Å². The number of aromatic nitrogens is 2. The standard InChI is InChI=1S/C18H11ClFN5O/c19-13-7-12(5-6-14(13)20)24-18(26)16-8-17(23-10-22-16)25-15-4-2-1-3-11(15)9-21/h1-8,10H,(H,24,26)(H,22,23,25).